The van der Waals surface area contributed by atoms with Crippen molar-refractivity contribution in [3.63, 3.8) is 0 Å². The van der Waals surface area contributed by atoms with Crippen LogP contribution in [0.25, 0.3) is 0 Å². The third-order valence-corrected chi connectivity index (χ3v) is 2.50. The van der Waals surface area contributed by atoms with E-state index in [9.17, 15) is 19.5 Å². The molecule has 0 saturated carbocycles. The molecule has 3 atom stereocenters. The van der Waals surface area contributed by atoms with Crippen molar-refractivity contribution < 1.29 is 24.6 Å². The molecule has 0 aromatic heterocycles. The van der Waals surface area contributed by atoms with Crippen molar-refractivity contribution in [2.24, 2.45) is 11.7 Å². The van der Waals surface area contributed by atoms with Crippen LogP contribution in [0, 0.1) is 5.92 Å². The number of nitrogens with two attached hydrogens (primary N) is 1. The van der Waals surface area contributed by atoms with Crippen molar-refractivity contribution in [1.29, 1.82) is 0 Å². The first-order valence-corrected chi connectivity index (χ1v) is 5.91. The van der Waals surface area contributed by atoms with Gasteiger partial charge in [0.1, 0.15) is 12.1 Å². The van der Waals surface area contributed by atoms with Crippen LogP contribution >= 0.6 is 0 Å². The Labute approximate surface area is 111 Å². The van der Waals surface area contributed by atoms with Crippen molar-refractivity contribution in [2.45, 2.75) is 39.0 Å². The number of aliphatic carboxylic acids is 1. The number of carbonyl (C=O) groups is 3. The first kappa shape index (κ1) is 17.3. The Morgan fingerprint density at radius 2 is 1.63 bits per heavy atom. The predicted molar refractivity (Wildman–Crippen MR) is 67.1 cm³/mol. The Kier molecular flexibility index (Phi) is 7.02. The second kappa shape index (κ2) is 7.70. The molecule has 0 aromatic carbocycles. The number of nitrogens with one attached hydrogen (secondary N) is 2. The largest absolute Gasteiger partial charge is 0.480 e. The second-order valence-corrected chi connectivity index (χ2v) is 4.56. The third kappa shape index (κ3) is 5.66. The molecule has 6 N–H and O–H groups in total. The molecule has 0 aliphatic heterocycles. The number of carboxylic acid groups (broad SMARTS) is 1. The summed E-state index contributed by atoms with van der Waals surface area (Å²) in [5.41, 5.74) is 5.10. The molecule has 2 amide bonds. The predicted octanol–water partition coefficient (Wildman–Crippen LogP) is -1.96. The molecule has 0 heterocycles. The minimum Gasteiger partial charge on any atom is -0.480 e. The molecular formula is C11H21N3O5. The quantitative estimate of drug-likeness (QED) is 0.365. The standard InChI is InChI=1S/C11H21N3O5/c1-5(2)8(11(18)19)14-10(17)9(6(3)15)13-7(16)4-12/h5-6,8-9,15H,4,12H2,1-3H3,(H,13,16)(H,14,17)(H,18,19)/t6-,8+,9+/m1/s1. The first-order chi connectivity index (χ1) is 8.70. The Morgan fingerprint density at radius 3 is 1.95 bits per heavy atom. The van der Waals surface area contributed by atoms with Crippen LogP contribution in [-0.2, 0) is 14.4 Å². The topological polar surface area (TPSA) is 142 Å². The number of aliphatic hydroxyl groups excluding tert-OH is 1. The molecule has 19 heavy (non-hydrogen) atoms. The number of aliphatic hydroxyl groups is 1. The number of carbonyl (C=O) groups excluding carboxylic acids is 2. The maximum Gasteiger partial charge on any atom is 0.326 e. The molecule has 0 aliphatic rings. The Morgan fingerprint density at radius 1 is 1.11 bits per heavy atom. The number of rotatable bonds is 7. The summed E-state index contributed by atoms with van der Waals surface area (Å²) in [5, 5.41) is 22.9. The molecule has 0 radical (unpaired) electrons. The molecule has 0 saturated heterocycles. The summed E-state index contributed by atoms with van der Waals surface area (Å²) in [6, 6.07) is -2.33. The van der Waals surface area contributed by atoms with Gasteiger partial charge >= 0.3 is 5.97 Å². The zero-order valence-electron chi connectivity index (χ0n) is 11.2. The van der Waals surface area contributed by atoms with E-state index in [4.69, 9.17) is 10.8 Å². The van der Waals surface area contributed by atoms with E-state index >= 15 is 0 Å². The summed E-state index contributed by atoms with van der Waals surface area (Å²) >= 11 is 0. The smallest absolute Gasteiger partial charge is 0.326 e. The zero-order valence-corrected chi connectivity index (χ0v) is 11.2. The van der Waals surface area contributed by atoms with Gasteiger partial charge in [0.2, 0.25) is 11.8 Å². The second-order valence-electron chi connectivity index (χ2n) is 4.56. The van der Waals surface area contributed by atoms with Crippen LogP contribution in [0.1, 0.15) is 20.8 Å². The van der Waals surface area contributed by atoms with Crippen molar-refractivity contribution >= 4 is 17.8 Å². The van der Waals surface area contributed by atoms with E-state index in [0.717, 1.165) is 0 Å². The Bertz CT molecular complexity index is 343. The fourth-order valence-corrected chi connectivity index (χ4v) is 1.39. The van der Waals surface area contributed by atoms with Crippen molar-refractivity contribution in [1.82, 2.24) is 10.6 Å². The lowest BCUT2D eigenvalue weighted by molar-refractivity contribution is -0.144. The Hall–Kier alpha value is -1.67. The van der Waals surface area contributed by atoms with E-state index in [1.165, 1.54) is 6.92 Å². The number of hydrogen-bond donors (Lipinski definition) is 5. The van der Waals surface area contributed by atoms with Gasteiger partial charge in [-0.1, -0.05) is 13.8 Å². The van der Waals surface area contributed by atoms with Gasteiger partial charge in [0, 0.05) is 0 Å². The minimum atomic E-state index is -1.24. The monoisotopic (exact) mass is 275 g/mol. The lowest BCUT2D eigenvalue weighted by atomic mass is 10.0. The maximum atomic E-state index is 11.9. The highest BCUT2D eigenvalue weighted by molar-refractivity contribution is 5.91. The zero-order chi connectivity index (χ0) is 15.2. The SMILES string of the molecule is CC(C)[C@H](NC(=O)[C@@H](NC(=O)CN)[C@@H](C)O)C(=O)O. The molecule has 0 rings (SSSR count). The molecule has 8 nitrogen and oxygen atoms in total. The van der Waals surface area contributed by atoms with Crippen LogP contribution in [0.15, 0.2) is 0 Å². The van der Waals surface area contributed by atoms with Gasteiger partial charge < -0.3 is 26.6 Å². The Balaban J connectivity index is 4.81. The normalized spacial score (nSPS) is 15.5. The van der Waals surface area contributed by atoms with Gasteiger partial charge in [0.25, 0.3) is 0 Å². The summed E-state index contributed by atoms with van der Waals surface area (Å²) in [5.74, 6) is -2.89. The third-order valence-electron chi connectivity index (χ3n) is 2.50. The van der Waals surface area contributed by atoms with E-state index in [0.29, 0.717) is 0 Å². The molecule has 0 unspecified atom stereocenters. The molecule has 0 bridgehead atoms. The van der Waals surface area contributed by atoms with E-state index in [1.54, 1.807) is 13.8 Å². The molecular weight excluding hydrogens is 254 g/mol. The number of amides is 2. The molecule has 8 heteroatoms. The summed E-state index contributed by atoms with van der Waals surface area (Å²) in [6.07, 6.45) is -1.17. The van der Waals surface area contributed by atoms with Gasteiger partial charge in [-0.25, -0.2) is 4.79 Å². The summed E-state index contributed by atoms with van der Waals surface area (Å²) in [4.78, 5) is 34.0. The molecule has 110 valence electrons. The van der Waals surface area contributed by atoms with Crippen molar-refractivity contribution in [3.8, 4) is 0 Å². The maximum absolute atomic E-state index is 11.9. The van der Waals surface area contributed by atoms with E-state index in [-0.39, 0.29) is 12.5 Å². The first-order valence-electron chi connectivity index (χ1n) is 5.91. The highest BCUT2D eigenvalue weighted by atomic mass is 16.4. The highest BCUT2D eigenvalue weighted by Gasteiger charge is 2.30. The van der Waals surface area contributed by atoms with Gasteiger partial charge in [-0.05, 0) is 12.8 Å². The molecule has 0 fully saturated rings. The van der Waals surface area contributed by atoms with Gasteiger partial charge in [0.15, 0.2) is 0 Å². The van der Waals surface area contributed by atoms with Crippen LogP contribution < -0.4 is 16.4 Å². The van der Waals surface area contributed by atoms with Crippen LogP contribution in [-0.4, -0.2) is 52.7 Å². The molecule has 0 spiro atoms. The van der Waals surface area contributed by atoms with Gasteiger partial charge in [-0.15, -0.1) is 0 Å². The lowest BCUT2D eigenvalue weighted by Crippen LogP contribution is -2.57. The highest BCUT2D eigenvalue weighted by Crippen LogP contribution is 2.03. The summed E-state index contributed by atoms with van der Waals surface area (Å²) < 4.78 is 0. The fraction of sp³-hybridized carbons (Fsp3) is 0.727. The van der Waals surface area contributed by atoms with E-state index in [1.807, 2.05) is 0 Å². The molecule has 0 aliphatic carbocycles. The number of carboxylic acids is 1. The van der Waals surface area contributed by atoms with Crippen molar-refractivity contribution in [2.75, 3.05) is 6.54 Å². The van der Waals surface area contributed by atoms with Crippen molar-refractivity contribution in [3.05, 3.63) is 0 Å². The van der Waals surface area contributed by atoms with Crippen LogP contribution in [0.5, 0.6) is 0 Å². The minimum absolute atomic E-state index is 0.330. The van der Waals surface area contributed by atoms with Gasteiger partial charge in [0.05, 0.1) is 12.6 Å². The fourth-order valence-electron chi connectivity index (χ4n) is 1.39. The average Bonchev–Trinajstić information content (AvgIpc) is 2.30. The van der Waals surface area contributed by atoms with Crippen LogP contribution in [0.3, 0.4) is 0 Å². The number of hydrogen-bond acceptors (Lipinski definition) is 5. The van der Waals surface area contributed by atoms with Crippen LogP contribution in [0.2, 0.25) is 0 Å². The summed E-state index contributed by atoms with van der Waals surface area (Å²) in [7, 11) is 0. The molecule has 0 aromatic rings. The summed E-state index contributed by atoms with van der Waals surface area (Å²) in [6.45, 7) is 4.25. The lowest BCUT2D eigenvalue weighted by Gasteiger charge is -2.24. The van der Waals surface area contributed by atoms with E-state index in [2.05, 4.69) is 10.6 Å². The van der Waals surface area contributed by atoms with E-state index < -0.39 is 36.0 Å². The van der Waals surface area contributed by atoms with Gasteiger partial charge in [-0.2, -0.15) is 0 Å². The van der Waals surface area contributed by atoms with Crippen LogP contribution in [0.4, 0.5) is 0 Å². The van der Waals surface area contributed by atoms with Gasteiger partial charge in [-0.3, -0.25) is 9.59 Å². The average molecular weight is 275 g/mol.